The van der Waals surface area contributed by atoms with Crippen LogP contribution in [-0.2, 0) is 0 Å². The van der Waals surface area contributed by atoms with Gasteiger partial charge in [0.1, 0.15) is 5.82 Å². The Balaban J connectivity index is 1.77. The second-order valence-corrected chi connectivity index (χ2v) is 6.18. The standard InChI is InChI=1S/C19H23FN2O3/c1-13-5-7-17(24-12-14-4-3-9-21-11-14)19(22-13)25-16-8-6-15(20)10-18(16)23-2/h5-8,10,14,21H,3-4,9,11-12H2,1-2H3/t14-/m0/s1. The maximum Gasteiger partial charge on any atom is 0.262 e. The first-order chi connectivity index (χ1) is 12.2. The molecule has 1 saturated heterocycles. The van der Waals surface area contributed by atoms with Crippen molar-refractivity contribution in [1.82, 2.24) is 10.3 Å². The van der Waals surface area contributed by atoms with E-state index in [9.17, 15) is 4.39 Å². The molecular weight excluding hydrogens is 323 g/mol. The molecule has 0 spiro atoms. The van der Waals surface area contributed by atoms with Gasteiger partial charge in [-0.1, -0.05) is 0 Å². The fraction of sp³-hybridized carbons (Fsp3) is 0.421. The minimum absolute atomic E-state index is 0.311. The predicted molar refractivity (Wildman–Crippen MR) is 93.1 cm³/mol. The number of nitrogens with one attached hydrogen (secondary N) is 1. The second-order valence-electron chi connectivity index (χ2n) is 6.18. The van der Waals surface area contributed by atoms with Crippen molar-refractivity contribution in [3.05, 3.63) is 41.8 Å². The summed E-state index contributed by atoms with van der Waals surface area (Å²) in [7, 11) is 1.47. The molecule has 134 valence electrons. The zero-order valence-corrected chi connectivity index (χ0v) is 14.5. The summed E-state index contributed by atoms with van der Waals surface area (Å²) in [5.74, 6) is 1.72. The molecule has 2 aromatic rings. The second kappa shape index (κ2) is 8.16. The summed E-state index contributed by atoms with van der Waals surface area (Å²) in [6.45, 7) is 4.51. The number of aromatic nitrogens is 1. The molecule has 1 atom stereocenters. The van der Waals surface area contributed by atoms with Gasteiger partial charge in [-0.25, -0.2) is 9.37 Å². The van der Waals surface area contributed by atoms with Gasteiger partial charge in [-0.05, 0) is 50.6 Å². The lowest BCUT2D eigenvalue weighted by Gasteiger charge is -2.23. The molecule has 1 aliphatic rings. The van der Waals surface area contributed by atoms with Gasteiger partial charge in [-0.15, -0.1) is 0 Å². The van der Waals surface area contributed by atoms with E-state index in [1.165, 1.54) is 25.3 Å². The summed E-state index contributed by atoms with van der Waals surface area (Å²) < 4.78 is 30.4. The molecule has 1 N–H and O–H groups in total. The highest BCUT2D eigenvalue weighted by Crippen LogP contribution is 2.35. The minimum Gasteiger partial charge on any atom is -0.493 e. The summed E-state index contributed by atoms with van der Waals surface area (Å²) in [5, 5.41) is 3.38. The highest BCUT2D eigenvalue weighted by molar-refractivity contribution is 5.45. The van der Waals surface area contributed by atoms with E-state index in [1.807, 2.05) is 19.1 Å². The Bertz CT molecular complexity index is 718. The number of methoxy groups -OCH3 is 1. The van der Waals surface area contributed by atoms with Crippen LogP contribution in [-0.4, -0.2) is 31.8 Å². The molecule has 0 unspecified atom stereocenters. The maximum atomic E-state index is 13.4. The Morgan fingerprint density at radius 1 is 1.20 bits per heavy atom. The van der Waals surface area contributed by atoms with Gasteiger partial charge >= 0.3 is 0 Å². The average molecular weight is 346 g/mol. The van der Waals surface area contributed by atoms with Crippen LogP contribution in [0.5, 0.6) is 23.1 Å². The Hall–Kier alpha value is -2.34. The molecule has 3 rings (SSSR count). The van der Waals surface area contributed by atoms with Crippen molar-refractivity contribution < 1.29 is 18.6 Å². The molecule has 0 saturated carbocycles. The number of ether oxygens (including phenoxy) is 3. The Morgan fingerprint density at radius 2 is 2.04 bits per heavy atom. The van der Waals surface area contributed by atoms with Crippen molar-refractivity contribution in [3.8, 4) is 23.1 Å². The molecule has 1 aromatic heterocycles. The van der Waals surface area contributed by atoms with Gasteiger partial charge in [-0.2, -0.15) is 0 Å². The van der Waals surface area contributed by atoms with E-state index < -0.39 is 0 Å². The van der Waals surface area contributed by atoms with Gasteiger partial charge in [0.05, 0.1) is 13.7 Å². The minimum atomic E-state index is -0.386. The number of hydrogen-bond donors (Lipinski definition) is 1. The molecule has 0 bridgehead atoms. The smallest absolute Gasteiger partial charge is 0.262 e. The molecule has 25 heavy (non-hydrogen) atoms. The lowest BCUT2D eigenvalue weighted by Crippen LogP contribution is -2.33. The van der Waals surface area contributed by atoms with Gasteiger partial charge in [0, 0.05) is 24.2 Å². The zero-order valence-electron chi connectivity index (χ0n) is 14.5. The topological polar surface area (TPSA) is 52.6 Å². The number of piperidine rings is 1. The van der Waals surface area contributed by atoms with Crippen LogP contribution in [0.15, 0.2) is 30.3 Å². The van der Waals surface area contributed by atoms with Crippen LogP contribution < -0.4 is 19.5 Å². The highest BCUT2D eigenvalue weighted by Gasteiger charge is 2.17. The summed E-state index contributed by atoms with van der Waals surface area (Å²) in [5.41, 5.74) is 0.808. The van der Waals surface area contributed by atoms with Gasteiger partial charge in [0.15, 0.2) is 17.2 Å². The van der Waals surface area contributed by atoms with E-state index in [2.05, 4.69) is 10.3 Å². The fourth-order valence-electron chi connectivity index (χ4n) is 2.81. The lowest BCUT2D eigenvalue weighted by molar-refractivity contribution is 0.211. The van der Waals surface area contributed by atoms with Crippen LogP contribution in [0.2, 0.25) is 0 Å². The van der Waals surface area contributed by atoms with Crippen molar-refractivity contribution in [2.75, 3.05) is 26.8 Å². The Morgan fingerprint density at radius 3 is 2.80 bits per heavy atom. The Labute approximate surface area is 147 Å². The van der Waals surface area contributed by atoms with Crippen LogP contribution in [0.3, 0.4) is 0 Å². The van der Waals surface area contributed by atoms with Crippen LogP contribution in [0.4, 0.5) is 4.39 Å². The van der Waals surface area contributed by atoms with E-state index in [-0.39, 0.29) is 5.82 Å². The first kappa shape index (κ1) is 17.5. The first-order valence-corrected chi connectivity index (χ1v) is 8.48. The van der Waals surface area contributed by atoms with Gasteiger partial charge < -0.3 is 19.5 Å². The predicted octanol–water partition coefficient (Wildman–Crippen LogP) is 3.71. The quantitative estimate of drug-likeness (QED) is 0.864. The van der Waals surface area contributed by atoms with Crippen LogP contribution in [0, 0.1) is 18.7 Å². The third-order valence-electron chi connectivity index (χ3n) is 4.17. The largest absolute Gasteiger partial charge is 0.493 e. The van der Waals surface area contributed by atoms with E-state index >= 15 is 0 Å². The van der Waals surface area contributed by atoms with Crippen LogP contribution in [0.1, 0.15) is 18.5 Å². The maximum absolute atomic E-state index is 13.4. The van der Waals surface area contributed by atoms with Crippen molar-refractivity contribution in [2.45, 2.75) is 19.8 Å². The number of rotatable bonds is 6. The monoisotopic (exact) mass is 346 g/mol. The van der Waals surface area contributed by atoms with E-state index in [4.69, 9.17) is 14.2 Å². The molecule has 0 radical (unpaired) electrons. The third-order valence-corrected chi connectivity index (χ3v) is 4.17. The van der Waals surface area contributed by atoms with Gasteiger partial charge in [0.25, 0.3) is 5.88 Å². The Kier molecular flexibility index (Phi) is 5.71. The van der Waals surface area contributed by atoms with Crippen LogP contribution in [0.25, 0.3) is 0 Å². The van der Waals surface area contributed by atoms with Gasteiger partial charge in [-0.3, -0.25) is 0 Å². The average Bonchev–Trinajstić information content (AvgIpc) is 2.63. The third kappa shape index (κ3) is 4.60. The highest BCUT2D eigenvalue weighted by atomic mass is 19.1. The molecule has 2 heterocycles. The first-order valence-electron chi connectivity index (χ1n) is 8.48. The molecule has 0 aliphatic carbocycles. The van der Waals surface area contributed by atoms with E-state index in [0.717, 1.165) is 31.6 Å². The van der Waals surface area contributed by atoms with E-state index in [1.54, 1.807) is 0 Å². The zero-order chi connectivity index (χ0) is 17.6. The number of aryl methyl sites for hydroxylation is 1. The molecule has 1 aliphatic heterocycles. The van der Waals surface area contributed by atoms with Crippen LogP contribution >= 0.6 is 0 Å². The van der Waals surface area contributed by atoms with Crippen molar-refractivity contribution in [3.63, 3.8) is 0 Å². The molecule has 0 amide bonds. The van der Waals surface area contributed by atoms with Crippen molar-refractivity contribution in [1.29, 1.82) is 0 Å². The fourth-order valence-corrected chi connectivity index (χ4v) is 2.81. The summed E-state index contributed by atoms with van der Waals surface area (Å²) >= 11 is 0. The summed E-state index contributed by atoms with van der Waals surface area (Å²) in [4.78, 5) is 4.42. The lowest BCUT2D eigenvalue weighted by atomic mass is 10.0. The SMILES string of the molecule is COc1cc(F)ccc1Oc1nc(C)ccc1OC[C@H]1CCCNC1. The molecule has 1 aromatic carbocycles. The summed E-state index contributed by atoms with van der Waals surface area (Å²) in [6, 6.07) is 7.85. The number of hydrogen-bond acceptors (Lipinski definition) is 5. The summed E-state index contributed by atoms with van der Waals surface area (Å²) in [6.07, 6.45) is 2.31. The number of benzene rings is 1. The molecule has 1 fully saturated rings. The van der Waals surface area contributed by atoms with Crippen molar-refractivity contribution >= 4 is 0 Å². The molecular formula is C19H23FN2O3. The molecule has 5 nitrogen and oxygen atoms in total. The number of halogens is 1. The molecule has 6 heteroatoms. The normalized spacial score (nSPS) is 17.2. The van der Waals surface area contributed by atoms with E-state index in [0.29, 0.717) is 35.7 Å². The van der Waals surface area contributed by atoms with Gasteiger partial charge in [0.2, 0.25) is 0 Å². The number of nitrogens with zero attached hydrogens (tertiary/aromatic N) is 1. The van der Waals surface area contributed by atoms with Crippen molar-refractivity contribution in [2.24, 2.45) is 5.92 Å². The number of pyridine rings is 1.